The summed E-state index contributed by atoms with van der Waals surface area (Å²) in [5.41, 5.74) is 8.51. The van der Waals surface area contributed by atoms with Crippen molar-refractivity contribution in [2.45, 2.75) is 97.9 Å². The molecular weight excluding hydrogens is 644 g/mol. The van der Waals surface area contributed by atoms with Crippen LogP contribution in [0.5, 0.6) is 11.6 Å². The number of ether oxygens (including phenoxy) is 7. The van der Waals surface area contributed by atoms with Crippen molar-refractivity contribution >= 4 is 29.8 Å². The molecule has 2 heterocycles. The van der Waals surface area contributed by atoms with Crippen LogP contribution in [0.1, 0.15) is 76.3 Å². The maximum atomic E-state index is 12.3. The second-order valence-electron chi connectivity index (χ2n) is 11.8. The van der Waals surface area contributed by atoms with E-state index in [1.165, 1.54) is 6.92 Å². The summed E-state index contributed by atoms with van der Waals surface area (Å²) in [5.74, 6) is -2.44. The van der Waals surface area contributed by atoms with Crippen molar-refractivity contribution in [2.24, 2.45) is 5.73 Å². The first-order chi connectivity index (χ1) is 23.2. The van der Waals surface area contributed by atoms with Crippen molar-refractivity contribution in [2.75, 3.05) is 26.3 Å². The highest BCUT2D eigenvalue weighted by molar-refractivity contribution is 5.73. The molecule has 1 amide bonds. The number of nitrogens with one attached hydrogen (secondary N) is 2. The molecule has 16 nitrogen and oxygen atoms in total. The standard InChI is InChI=1S/C33H46N4O12/c1-17(2)28-25(15-23-8-9-24(14-18(23)3)43-13-12-35-11-10-27(34)42)32(37-36-28)49-33-31(47-22(7)41)30(46-21(6)40)29(45-20(5)39)26(48-33)16-44-19(4)38/h8-9,14,17,26,29-31,33,35H,10-13,15-16H2,1-7H3,(H2,34,42)(H,36,37)/t26-,29-,30+,31-,33+/m1/s1. The molecule has 270 valence electrons. The van der Waals surface area contributed by atoms with Crippen LogP contribution in [0.25, 0.3) is 0 Å². The number of hydrogen-bond donors (Lipinski definition) is 3. The topological polar surface area (TPSA) is 217 Å². The summed E-state index contributed by atoms with van der Waals surface area (Å²) in [7, 11) is 0. The normalized spacial score (nSPS) is 20.3. The molecule has 4 N–H and O–H groups in total. The van der Waals surface area contributed by atoms with Crippen LogP contribution in [0.15, 0.2) is 18.2 Å². The zero-order valence-corrected chi connectivity index (χ0v) is 28.9. The fourth-order valence-electron chi connectivity index (χ4n) is 5.23. The summed E-state index contributed by atoms with van der Waals surface area (Å²) >= 11 is 0. The van der Waals surface area contributed by atoms with Gasteiger partial charge in [0.1, 0.15) is 25.1 Å². The average molecular weight is 691 g/mol. The smallest absolute Gasteiger partial charge is 0.303 e. The number of aryl methyl sites for hydroxylation is 1. The van der Waals surface area contributed by atoms with Crippen LogP contribution >= 0.6 is 0 Å². The zero-order chi connectivity index (χ0) is 36.2. The number of primary amides is 1. The summed E-state index contributed by atoms with van der Waals surface area (Å²) < 4.78 is 39.9. The predicted molar refractivity (Wildman–Crippen MR) is 171 cm³/mol. The average Bonchev–Trinajstić information content (AvgIpc) is 3.39. The van der Waals surface area contributed by atoms with E-state index in [-0.39, 0.29) is 30.7 Å². The third-order valence-electron chi connectivity index (χ3n) is 7.39. The number of rotatable bonds is 17. The Labute approximate surface area is 284 Å². The van der Waals surface area contributed by atoms with E-state index in [2.05, 4.69) is 15.5 Å². The highest BCUT2D eigenvalue weighted by atomic mass is 16.7. The summed E-state index contributed by atoms with van der Waals surface area (Å²) in [6.45, 7) is 11.6. The van der Waals surface area contributed by atoms with Gasteiger partial charge in [-0.3, -0.25) is 29.1 Å². The second-order valence-corrected chi connectivity index (χ2v) is 11.8. The molecule has 0 spiro atoms. The number of carbonyl (C=O) groups excluding carboxylic acids is 5. The number of nitrogens with two attached hydrogens (primary N) is 1. The van der Waals surface area contributed by atoms with Gasteiger partial charge in [-0.15, -0.1) is 5.10 Å². The highest BCUT2D eigenvalue weighted by Crippen LogP contribution is 2.34. The lowest BCUT2D eigenvalue weighted by Crippen LogP contribution is -2.63. The quantitative estimate of drug-likeness (QED) is 0.122. The number of aromatic amines is 1. The van der Waals surface area contributed by atoms with Crippen LogP contribution in [0.2, 0.25) is 0 Å². The Hall–Kier alpha value is -4.70. The molecule has 1 aromatic heterocycles. The molecule has 0 unspecified atom stereocenters. The second kappa shape index (κ2) is 18.2. The van der Waals surface area contributed by atoms with Gasteiger partial charge in [-0.1, -0.05) is 19.9 Å². The van der Waals surface area contributed by atoms with Gasteiger partial charge in [0.25, 0.3) is 0 Å². The Morgan fingerprint density at radius 1 is 0.939 bits per heavy atom. The van der Waals surface area contributed by atoms with Gasteiger partial charge in [-0.2, -0.15) is 0 Å². The first-order valence-corrected chi connectivity index (χ1v) is 15.9. The molecule has 1 saturated heterocycles. The third kappa shape index (κ3) is 11.7. The van der Waals surface area contributed by atoms with Gasteiger partial charge in [0.05, 0.1) is 0 Å². The van der Waals surface area contributed by atoms with Gasteiger partial charge < -0.3 is 44.2 Å². The van der Waals surface area contributed by atoms with Gasteiger partial charge in [0, 0.05) is 64.9 Å². The maximum absolute atomic E-state index is 12.3. The Morgan fingerprint density at radius 2 is 1.59 bits per heavy atom. The van der Waals surface area contributed by atoms with Crippen LogP contribution in [0.4, 0.5) is 0 Å². The van der Waals surface area contributed by atoms with Crippen molar-refractivity contribution in [3.05, 3.63) is 40.6 Å². The molecule has 1 aromatic carbocycles. The van der Waals surface area contributed by atoms with Crippen molar-refractivity contribution in [1.82, 2.24) is 15.5 Å². The SMILES string of the molecule is CC(=O)OC[C@H]1O[C@@H](Oc2n[nH]c(C(C)C)c2Cc2ccc(OCCNCCC(N)=O)cc2C)[C@H](OC(C)=O)[C@@H](OC(C)=O)[C@@H]1OC(C)=O. The Balaban J connectivity index is 1.91. The zero-order valence-electron chi connectivity index (χ0n) is 28.9. The molecule has 1 fully saturated rings. The van der Waals surface area contributed by atoms with Gasteiger partial charge in [0.2, 0.25) is 24.2 Å². The Bertz CT molecular complexity index is 1480. The number of aromatic nitrogens is 2. The number of benzene rings is 1. The molecule has 1 aliphatic rings. The summed E-state index contributed by atoms with van der Waals surface area (Å²) in [6.07, 6.45) is -6.08. The van der Waals surface area contributed by atoms with E-state index in [0.29, 0.717) is 37.4 Å². The number of esters is 4. The highest BCUT2D eigenvalue weighted by Gasteiger charge is 2.53. The molecular formula is C33H46N4O12. The van der Waals surface area contributed by atoms with Crippen LogP contribution < -0.4 is 20.5 Å². The summed E-state index contributed by atoms with van der Waals surface area (Å²) in [5, 5.41) is 10.5. The number of hydrogen-bond acceptors (Lipinski definition) is 14. The molecule has 1 aliphatic heterocycles. The molecule has 0 radical (unpaired) electrons. The molecule has 0 bridgehead atoms. The number of carbonyl (C=O) groups is 5. The van der Waals surface area contributed by atoms with E-state index >= 15 is 0 Å². The van der Waals surface area contributed by atoms with Crippen LogP contribution in [-0.2, 0) is 54.1 Å². The molecule has 2 aromatic rings. The molecule has 16 heteroatoms. The van der Waals surface area contributed by atoms with Gasteiger partial charge in [-0.25, -0.2) is 0 Å². The van der Waals surface area contributed by atoms with E-state index in [1.54, 1.807) is 0 Å². The minimum Gasteiger partial charge on any atom is -0.492 e. The minimum absolute atomic E-state index is 0.000208. The lowest BCUT2D eigenvalue weighted by molar-refractivity contribution is -0.289. The van der Waals surface area contributed by atoms with E-state index in [4.69, 9.17) is 38.9 Å². The van der Waals surface area contributed by atoms with E-state index in [0.717, 1.165) is 37.6 Å². The van der Waals surface area contributed by atoms with Crippen molar-refractivity contribution < 1.29 is 57.1 Å². The van der Waals surface area contributed by atoms with Crippen molar-refractivity contribution in [1.29, 1.82) is 0 Å². The largest absolute Gasteiger partial charge is 0.492 e. The predicted octanol–water partition coefficient (Wildman–Crippen LogP) is 1.74. The lowest BCUT2D eigenvalue weighted by atomic mass is 9.96. The van der Waals surface area contributed by atoms with Crippen molar-refractivity contribution in [3.8, 4) is 11.6 Å². The lowest BCUT2D eigenvalue weighted by Gasteiger charge is -2.43. The molecule has 0 aliphatic carbocycles. The van der Waals surface area contributed by atoms with E-state index in [9.17, 15) is 24.0 Å². The number of amides is 1. The van der Waals surface area contributed by atoms with E-state index in [1.807, 2.05) is 39.0 Å². The third-order valence-corrected chi connectivity index (χ3v) is 7.39. The van der Waals surface area contributed by atoms with Gasteiger partial charge in [0.15, 0.2) is 12.2 Å². The minimum atomic E-state index is -1.43. The van der Waals surface area contributed by atoms with Crippen LogP contribution in [-0.4, -0.2) is 97.0 Å². The van der Waals surface area contributed by atoms with Crippen LogP contribution in [0, 0.1) is 6.92 Å². The first kappa shape index (κ1) is 38.7. The van der Waals surface area contributed by atoms with Crippen LogP contribution in [0.3, 0.4) is 0 Å². The number of nitrogens with zero attached hydrogens (tertiary/aromatic N) is 1. The van der Waals surface area contributed by atoms with Gasteiger partial charge >= 0.3 is 23.9 Å². The summed E-state index contributed by atoms with van der Waals surface area (Å²) in [4.78, 5) is 59.1. The number of H-pyrrole nitrogens is 1. The molecule has 3 rings (SSSR count). The fraction of sp³-hybridized carbons (Fsp3) is 0.576. The first-order valence-electron chi connectivity index (χ1n) is 15.9. The Morgan fingerprint density at radius 3 is 2.18 bits per heavy atom. The fourth-order valence-corrected chi connectivity index (χ4v) is 5.23. The monoisotopic (exact) mass is 690 g/mol. The van der Waals surface area contributed by atoms with E-state index < -0.39 is 54.6 Å². The van der Waals surface area contributed by atoms with Gasteiger partial charge in [-0.05, 0) is 36.1 Å². The molecule has 5 atom stereocenters. The molecule has 0 saturated carbocycles. The maximum Gasteiger partial charge on any atom is 0.303 e. The molecule has 49 heavy (non-hydrogen) atoms. The Kier molecular flexibility index (Phi) is 14.4. The summed E-state index contributed by atoms with van der Waals surface area (Å²) in [6, 6.07) is 5.69. The van der Waals surface area contributed by atoms with Crippen molar-refractivity contribution in [3.63, 3.8) is 0 Å².